The molecule has 2 heteroatoms. The van der Waals surface area contributed by atoms with Crippen molar-refractivity contribution in [1.29, 1.82) is 0 Å². The fraction of sp³-hybridized carbons (Fsp3) is 0.0909. The van der Waals surface area contributed by atoms with Crippen LogP contribution in [-0.4, -0.2) is 0 Å². The molecular weight excluding hydrogens is 1080 g/mol. The third-order valence-corrected chi connectivity index (χ3v) is 19.4. The minimum atomic E-state index is -0.427. The molecule has 12 aromatic rings. The first-order valence-corrected chi connectivity index (χ1v) is 31.6. The molecule has 3 aliphatic carbocycles. The van der Waals surface area contributed by atoms with Crippen molar-refractivity contribution >= 4 is 46.3 Å². The second-order valence-electron chi connectivity index (χ2n) is 24.7. The Labute approximate surface area is 531 Å². The quantitative estimate of drug-likeness (QED) is 0.0951. The number of rotatable bonds is 16. The molecule has 0 amide bonds. The summed E-state index contributed by atoms with van der Waals surface area (Å²) in [5, 5.41) is 0. The monoisotopic (exact) mass is 1150 g/mol. The first kappa shape index (κ1) is 55.8. The molecule has 0 bridgehead atoms. The van der Waals surface area contributed by atoms with Gasteiger partial charge in [0.1, 0.15) is 0 Å². The summed E-state index contributed by atoms with van der Waals surface area (Å²) in [7, 11) is 0. The van der Waals surface area contributed by atoms with Crippen molar-refractivity contribution in [2.24, 2.45) is 0 Å². The van der Waals surface area contributed by atoms with Crippen LogP contribution < -0.4 is 9.80 Å². The van der Waals surface area contributed by atoms with Gasteiger partial charge in [0.05, 0.1) is 5.41 Å². The van der Waals surface area contributed by atoms with E-state index in [9.17, 15) is 0 Å². The predicted molar refractivity (Wildman–Crippen MR) is 381 cm³/mol. The standard InChI is InChI=1S/C88H70N2/c1-5-63-29-33-65(34-30-63)59-87(71-45-25-61(3)26-46-71)83-23-15-13-21-79(83)81-55-53-77(57-85(81)87)89(73-17-9-7-10-18-73)75-49-41-69(42-50-75)67-37-39-68(40-38-67)70-43-51-76(52-44-70)90(74-19-11-8-12-20-74)78-54-56-82-80-22-14-16-24-84(80)88(86(82)58-78,72-47-27-62(4)28-48-72)60-66-35-31-64(6-2)32-36-66/h5-27,29-47,49-58H,1-2,28,48,59-60H2,3-4H3. The van der Waals surface area contributed by atoms with Crippen molar-refractivity contribution in [3.63, 3.8) is 0 Å². The van der Waals surface area contributed by atoms with Crippen molar-refractivity contribution in [1.82, 2.24) is 0 Å². The fourth-order valence-corrected chi connectivity index (χ4v) is 14.8. The minimum Gasteiger partial charge on any atom is -0.310 e. The van der Waals surface area contributed by atoms with Crippen LogP contribution in [-0.2, 0) is 23.7 Å². The lowest BCUT2D eigenvalue weighted by molar-refractivity contribution is 0.580. The van der Waals surface area contributed by atoms with Crippen LogP contribution in [0.2, 0.25) is 0 Å². The van der Waals surface area contributed by atoms with Crippen LogP contribution in [0.5, 0.6) is 0 Å². The molecule has 0 radical (unpaired) electrons. The number of aryl methyl sites for hydroxylation is 1. The summed E-state index contributed by atoms with van der Waals surface area (Å²) < 4.78 is 0. The SMILES string of the molecule is C=Cc1ccc(CC2(C3=CC=C(C)CC3)c3ccccc3-c3ccc(N(c4ccccc4)c4ccc(-c5ccc(-c6ccc(N(c7ccccc7)c7ccc8c(c7)C(Cc7ccc(C=C)cc7)(c7ccc(C)cc7)c7ccccc7-8)cc6)cc5)cc4)cc32)cc1. The zero-order chi connectivity index (χ0) is 60.8. The van der Waals surface area contributed by atoms with E-state index in [2.05, 4.69) is 340 Å². The number of allylic oxidation sites excluding steroid dienone is 4. The van der Waals surface area contributed by atoms with Gasteiger partial charge in [0.15, 0.2) is 0 Å². The highest BCUT2D eigenvalue weighted by Gasteiger charge is 2.47. The van der Waals surface area contributed by atoms with Crippen LogP contribution in [0.1, 0.15) is 75.4 Å². The van der Waals surface area contributed by atoms with E-state index in [1.165, 1.54) is 94.6 Å². The summed E-state index contributed by atoms with van der Waals surface area (Å²) in [6.45, 7) is 12.5. The van der Waals surface area contributed by atoms with Crippen molar-refractivity contribution in [3.8, 4) is 44.5 Å². The van der Waals surface area contributed by atoms with Crippen LogP contribution in [0.15, 0.2) is 328 Å². The Morgan fingerprint density at radius 1 is 0.333 bits per heavy atom. The molecule has 0 saturated heterocycles. The van der Waals surface area contributed by atoms with Crippen molar-refractivity contribution in [2.75, 3.05) is 9.80 Å². The van der Waals surface area contributed by atoms with Crippen LogP contribution in [0, 0.1) is 6.92 Å². The van der Waals surface area contributed by atoms with E-state index in [-0.39, 0.29) is 5.41 Å². The maximum absolute atomic E-state index is 4.05. The number of hydrogen-bond donors (Lipinski definition) is 0. The summed E-state index contributed by atoms with van der Waals surface area (Å²) in [6, 6.07) is 109. The molecule has 2 unspecified atom stereocenters. The molecule has 0 N–H and O–H groups in total. The van der Waals surface area contributed by atoms with Gasteiger partial charge in [0, 0.05) is 39.5 Å². The van der Waals surface area contributed by atoms with Gasteiger partial charge in [0.25, 0.3) is 0 Å². The van der Waals surface area contributed by atoms with E-state index in [4.69, 9.17) is 0 Å². The van der Waals surface area contributed by atoms with Gasteiger partial charge in [0.2, 0.25) is 0 Å². The van der Waals surface area contributed by atoms with E-state index < -0.39 is 5.41 Å². The van der Waals surface area contributed by atoms with Crippen molar-refractivity contribution in [2.45, 2.75) is 50.4 Å². The summed E-state index contributed by atoms with van der Waals surface area (Å²) >= 11 is 0. The van der Waals surface area contributed by atoms with Crippen LogP contribution in [0.3, 0.4) is 0 Å². The molecule has 3 aliphatic rings. The van der Waals surface area contributed by atoms with Crippen molar-refractivity contribution in [3.05, 3.63) is 383 Å². The molecule has 2 nitrogen and oxygen atoms in total. The molecule has 0 spiro atoms. The number of hydrogen-bond acceptors (Lipinski definition) is 2. The van der Waals surface area contributed by atoms with Gasteiger partial charge >= 0.3 is 0 Å². The lowest BCUT2D eigenvalue weighted by Crippen LogP contribution is -2.32. The predicted octanol–water partition coefficient (Wildman–Crippen LogP) is 23.3. The Kier molecular flexibility index (Phi) is 14.5. The maximum atomic E-state index is 4.05. The van der Waals surface area contributed by atoms with Gasteiger partial charge in [-0.05, 0) is 207 Å². The zero-order valence-electron chi connectivity index (χ0n) is 51.2. The Morgan fingerprint density at radius 3 is 1.16 bits per heavy atom. The molecule has 0 aliphatic heterocycles. The second kappa shape index (κ2) is 23.4. The molecule has 432 valence electrons. The number of benzene rings is 12. The Hall–Kier alpha value is -10.8. The van der Waals surface area contributed by atoms with Gasteiger partial charge in [-0.3, -0.25) is 0 Å². The molecule has 15 rings (SSSR count). The molecule has 12 aromatic carbocycles. The van der Waals surface area contributed by atoms with E-state index >= 15 is 0 Å². The Balaban J connectivity index is 0.744. The number of para-hydroxylation sites is 2. The first-order valence-electron chi connectivity index (χ1n) is 31.6. The third kappa shape index (κ3) is 9.86. The first-order chi connectivity index (χ1) is 44.3. The average Bonchev–Trinajstić information content (AvgIpc) is 1.55. The minimum absolute atomic E-state index is 0.342. The molecule has 0 heterocycles. The van der Waals surface area contributed by atoms with Gasteiger partial charge in [-0.2, -0.15) is 0 Å². The average molecular weight is 1160 g/mol. The Bertz CT molecular complexity index is 4710. The summed E-state index contributed by atoms with van der Waals surface area (Å²) in [5.41, 5.74) is 31.5. The molecule has 2 atom stereocenters. The van der Waals surface area contributed by atoms with E-state index in [0.717, 1.165) is 76.5 Å². The number of fused-ring (bicyclic) bond motifs is 6. The summed E-state index contributed by atoms with van der Waals surface area (Å²) in [4.78, 5) is 4.84. The molecule has 0 aromatic heterocycles. The van der Waals surface area contributed by atoms with Crippen LogP contribution >= 0.6 is 0 Å². The van der Waals surface area contributed by atoms with Crippen molar-refractivity contribution < 1.29 is 0 Å². The fourth-order valence-electron chi connectivity index (χ4n) is 14.8. The summed E-state index contributed by atoms with van der Waals surface area (Å²) in [5.74, 6) is 0. The summed E-state index contributed by atoms with van der Waals surface area (Å²) in [6.07, 6.45) is 12.4. The van der Waals surface area contributed by atoms with Gasteiger partial charge in [-0.25, -0.2) is 0 Å². The maximum Gasteiger partial charge on any atom is 0.0504 e. The van der Waals surface area contributed by atoms with E-state index in [1.54, 1.807) is 0 Å². The smallest absolute Gasteiger partial charge is 0.0504 e. The van der Waals surface area contributed by atoms with E-state index in [0.29, 0.717) is 0 Å². The lowest BCUT2D eigenvalue weighted by Gasteiger charge is -2.37. The highest BCUT2D eigenvalue weighted by molar-refractivity contribution is 5.90. The van der Waals surface area contributed by atoms with Crippen LogP contribution in [0.4, 0.5) is 34.1 Å². The topological polar surface area (TPSA) is 6.48 Å². The lowest BCUT2D eigenvalue weighted by atomic mass is 9.66. The van der Waals surface area contributed by atoms with E-state index in [1.807, 2.05) is 12.2 Å². The molecule has 0 fully saturated rings. The van der Waals surface area contributed by atoms with Gasteiger partial charge < -0.3 is 9.80 Å². The molecule has 0 saturated carbocycles. The number of nitrogens with zero attached hydrogens (tertiary/aromatic N) is 2. The molecular formula is C88H70N2. The highest BCUT2D eigenvalue weighted by Crippen LogP contribution is 2.59. The number of anilines is 6. The second-order valence-corrected chi connectivity index (χ2v) is 24.7. The molecule has 90 heavy (non-hydrogen) atoms. The third-order valence-electron chi connectivity index (χ3n) is 19.4. The van der Waals surface area contributed by atoms with Crippen LogP contribution in [0.25, 0.3) is 56.7 Å². The zero-order valence-corrected chi connectivity index (χ0v) is 51.2. The van der Waals surface area contributed by atoms with Gasteiger partial charge in [-0.1, -0.05) is 273 Å². The highest BCUT2D eigenvalue weighted by atomic mass is 15.1. The Morgan fingerprint density at radius 2 is 0.711 bits per heavy atom. The largest absolute Gasteiger partial charge is 0.310 e. The van der Waals surface area contributed by atoms with Gasteiger partial charge in [-0.15, -0.1) is 0 Å². The normalized spacial score (nSPS) is 16.0.